The second kappa shape index (κ2) is 6.98. The predicted octanol–water partition coefficient (Wildman–Crippen LogP) is 2.99. The monoisotopic (exact) mass is 271 g/mol. The normalized spacial score (nSPS) is 11.6. The summed E-state index contributed by atoms with van der Waals surface area (Å²) in [7, 11) is 1.63. The van der Waals surface area contributed by atoms with Gasteiger partial charge in [0.15, 0.2) is 0 Å². The fraction of sp³-hybridized carbons (Fsp3) is 0.571. The van der Waals surface area contributed by atoms with Crippen molar-refractivity contribution in [2.24, 2.45) is 0 Å². The van der Waals surface area contributed by atoms with E-state index in [1.54, 1.807) is 7.11 Å². The van der Waals surface area contributed by atoms with Gasteiger partial charge in [0.1, 0.15) is 5.75 Å². The molecule has 2 N–H and O–H groups in total. The number of ether oxygens (including phenoxy) is 1. The van der Waals surface area contributed by atoms with E-state index in [0.29, 0.717) is 18.1 Å². The Kier molecular flexibility index (Phi) is 5.93. The van der Waals surface area contributed by atoms with Gasteiger partial charge in [0.05, 0.1) is 12.7 Å². The largest absolute Gasteiger partial charge is 0.496 e. The lowest BCUT2D eigenvalue weighted by Crippen LogP contribution is -2.39. The zero-order valence-electron chi connectivity index (χ0n) is 11.3. The molecule has 0 unspecified atom stereocenters. The lowest BCUT2D eigenvalue weighted by molar-refractivity contribution is 0.0322. The van der Waals surface area contributed by atoms with Gasteiger partial charge in [-0.2, -0.15) is 0 Å². The fourth-order valence-corrected chi connectivity index (χ4v) is 2.05. The van der Waals surface area contributed by atoms with Crippen LogP contribution in [0.15, 0.2) is 18.2 Å². The first kappa shape index (κ1) is 15.3. The van der Waals surface area contributed by atoms with Crippen LogP contribution in [-0.2, 0) is 6.54 Å². The van der Waals surface area contributed by atoms with Gasteiger partial charge in [-0.05, 0) is 25.0 Å². The first-order valence-electron chi connectivity index (χ1n) is 6.30. The fourth-order valence-electron chi connectivity index (χ4n) is 1.82. The standard InChI is InChI=1S/C14H22ClNO2/c1-4-14(17,5-2)10-16-9-11-12(15)7-6-8-13(11)18-3/h6-8,16-17H,4-5,9-10H2,1-3H3. The van der Waals surface area contributed by atoms with Crippen molar-refractivity contribution >= 4 is 11.6 Å². The SMILES string of the molecule is CCC(O)(CC)CNCc1c(Cl)cccc1OC. The first-order chi connectivity index (χ1) is 8.56. The van der Waals surface area contributed by atoms with Crippen molar-refractivity contribution < 1.29 is 9.84 Å². The van der Waals surface area contributed by atoms with E-state index >= 15 is 0 Å². The van der Waals surface area contributed by atoms with E-state index in [0.717, 1.165) is 24.2 Å². The van der Waals surface area contributed by atoms with E-state index in [2.05, 4.69) is 5.32 Å². The molecule has 1 aromatic carbocycles. The molecule has 0 radical (unpaired) electrons. The molecule has 4 heteroatoms. The Bertz CT molecular complexity index is 378. The van der Waals surface area contributed by atoms with E-state index in [9.17, 15) is 5.11 Å². The summed E-state index contributed by atoms with van der Waals surface area (Å²) in [6.07, 6.45) is 1.46. The molecule has 0 heterocycles. The molecule has 0 aliphatic heterocycles. The van der Waals surface area contributed by atoms with Crippen molar-refractivity contribution in [1.82, 2.24) is 5.32 Å². The van der Waals surface area contributed by atoms with Crippen LogP contribution in [0.2, 0.25) is 5.02 Å². The number of hydrogen-bond acceptors (Lipinski definition) is 3. The van der Waals surface area contributed by atoms with Crippen LogP contribution < -0.4 is 10.1 Å². The molecule has 0 saturated carbocycles. The summed E-state index contributed by atoms with van der Waals surface area (Å²) in [4.78, 5) is 0. The Morgan fingerprint density at radius 1 is 1.33 bits per heavy atom. The number of nitrogens with one attached hydrogen (secondary N) is 1. The van der Waals surface area contributed by atoms with Crippen molar-refractivity contribution in [3.63, 3.8) is 0 Å². The Morgan fingerprint density at radius 2 is 2.00 bits per heavy atom. The molecule has 0 saturated heterocycles. The van der Waals surface area contributed by atoms with Gasteiger partial charge in [-0.3, -0.25) is 0 Å². The second-order valence-corrected chi connectivity index (χ2v) is 4.86. The highest BCUT2D eigenvalue weighted by Crippen LogP contribution is 2.26. The van der Waals surface area contributed by atoms with E-state index < -0.39 is 5.60 Å². The molecule has 18 heavy (non-hydrogen) atoms. The van der Waals surface area contributed by atoms with Crippen LogP contribution in [0.5, 0.6) is 5.75 Å². The highest BCUT2D eigenvalue weighted by molar-refractivity contribution is 6.31. The zero-order valence-corrected chi connectivity index (χ0v) is 12.0. The molecule has 0 aromatic heterocycles. The maximum atomic E-state index is 10.2. The number of rotatable bonds is 7. The molecule has 0 spiro atoms. The van der Waals surface area contributed by atoms with E-state index in [-0.39, 0.29) is 0 Å². The van der Waals surface area contributed by atoms with Gasteiger partial charge >= 0.3 is 0 Å². The molecule has 0 fully saturated rings. The molecule has 0 bridgehead atoms. The first-order valence-corrected chi connectivity index (χ1v) is 6.68. The molecule has 3 nitrogen and oxygen atoms in total. The average Bonchev–Trinajstić information content (AvgIpc) is 2.40. The quantitative estimate of drug-likeness (QED) is 0.801. The minimum atomic E-state index is -0.644. The zero-order chi connectivity index (χ0) is 13.6. The van der Waals surface area contributed by atoms with E-state index in [1.165, 1.54) is 0 Å². The van der Waals surface area contributed by atoms with Gasteiger partial charge in [0, 0.05) is 23.7 Å². The highest BCUT2D eigenvalue weighted by atomic mass is 35.5. The summed E-state index contributed by atoms with van der Waals surface area (Å²) < 4.78 is 5.27. The van der Waals surface area contributed by atoms with Crippen molar-refractivity contribution in [3.05, 3.63) is 28.8 Å². The maximum absolute atomic E-state index is 10.2. The number of halogens is 1. The van der Waals surface area contributed by atoms with E-state index in [1.807, 2.05) is 32.0 Å². The molecular weight excluding hydrogens is 250 g/mol. The van der Waals surface area contributed by atoms with Gasteiger partial charge in [0.25, 0.3) is 0 Å². The Hall–Kier alpha value is -0.770. The third kappa shape index (κ3) is 3.87. The number of aliphatic hydroxyl groups is 1. The summed E-state index contributed by atoms with van der Waals surface area (Å²) in [5.74, 6) is 0.770. The molecule has 102 valence electrons. The van der Waals surface area contributed by atoms with Crippen LogP contribution in [0, 0.1) is 0 Å². The molecule has 0 aliphatic rings. The summed E-state index contributed by atoms with van der Waals surface area (Å²) >= 11 is 6.14. The third-order valence-electron chi connectivity index (χ3n) is 3.37. The lowest BCUT2D eigenvalue weighted by atomic mass is 9.97. The summed E-state index contributed by atoms with van der Waals surface area (Å²) in [5, 5.41) is 14.1. The van der Waals surface area contributed by atoms with Gasteiger partial charge in [-0.25, -0.2) is 0 Å². The lowest BCUT2D eigenvalue weighted by Gasteiger charge is -2.25. The summed E-state index contributed by atoms with van der Waals surface area (Å²) in [5.41, 5.74) is 0.283. The van der Waals surface area contributed by atoms with Gasteiger partial charge < -0.3 is 15.2 Å². The van der Waals surface area contributed by atoms with Gasteiger partial charge in [0.2, 0.25) is 0 Å². The van der Waals surface area contributed by atoms with Crippen LogP contribution >= 0.6 is 11.6 Å². The van der Waals surface area contributed by atoms with Crippen LogP contribution in [-0.4, -0.2) is 24.4 Å². The van der Waals surface area contributed by atoms with Gasteiger partial charge in [-0.15, -0.1) is 0 Å². The van der Waals surface area contributed by atoms with Crippen molar-refractivity contribution in [3.8, 4) is 5.75 Å². The molecule has 0 amide bonds. The molecule has 1 aromatic rings. The number of methoxy groups -OCH3 is 1. The van der Waals surface area contributed by atoms with Crippen LogP contribution in [0.3, 0.4) is 0 Å². The maximum Gasteiger partial charge on any atom is 0.124 e. The minimum absolute atomic E-state index is 0.550. The second-order valence-electron chi connectivity index (χ2n) is 4.46. The van der Waals surface area contributed by atoms with Crippen molar-refractivity contribution in [2.45, 2.75) is 38.8 Å². The molecule has 0 aliphatic carbocycles. The molecule has 1 rings (SSSR count). The smallest absolute Gasteiger partial charge is 0.124 e. The Balaban J connectivity index is 2.64. The van der Waals surface area contributed by atoms with Gasteiger partial charge in [-0.1, -0.05) is 31.5 Å². The predicted molar refractivity (Wildman–Crippen MR) is 75.2 cm³/mol. The molecular formula is C14H22ClNO2. The summed E-state index contributed by atoms with van der Waals surface area (Å²) in [6.45, 7) is 5.11. The van der Waals surface area contributed by atoms with Crippen molar-refractivity contribution in [1.29, 1.82) is 0 Å². The van der Waals surface area contributed by atoms with Crippen LogP contribution in [0.25, 0.3) is 0 Å². The van der Waals surface area contributed by atoms with Crippen LogP contribution in [0.1, 0.15) is 32.3 Å². The summed E-state index contributed by atoms with van der Waals surface area (Å²) in [6, 6.07) is 5.58. The average molecular weight is 272 g/mol. The Morgan fingerprint density at radius 3 is 2.56 bits per heavy atom. The Labute approximate surface area is 114 Å². The van der Waals surface area contributed by atoms with E-state index in [4.69, 9.17) is 16.3 Å². The van der Waals surface area contributed by atoms with Crippen molar-refractivity contribution in [2.75, 3.05) is 13.7 Å². The number of benzene rings is 1. The topological polar surface area (TPSA) is 41.5 Å². The minimum Gasteiger partial charge on any atom is -0.496 e. The number of hydrogen-bond donors (Lipinski definition) is 2. The van der Waals surface area contributed by atoms with Crippen LogP contribution in [0.4, 0.5) is 0 Å². The third-order valence-corrected chi connectivity index (χ3v) is 3.72. The highest BCUT2D eigenvalue weighted by Gasteiger charge is 2.21. The molecule has 0 atom stereocenters.